The Balaban J connectivity index is 1.07. The van der Waals surface area contributed by atoms with Crippen molar-refractivity contribution < 1.29 is 9.59 Å². The summed E-state index contributed by atoms with van der Waals surface area (Å²) in [6.45, 7) is 8.17. The molecule has 6 nitrogen and oxygen atoms in total. The second-order valence-corrected chi connectivity index (χ2v) is 9.59. The summed E-state index contributed by atoms with van der Waals surface area (Å²) in [5, 5.41) is 0. The van der Waals surface area contributed by atoms with Crippen molar-refractivity contribution in [1.82, 2.24) is 14.7 Å². The zero-order valence-electron chi connectivity index (χ0n) is 18.0. The quantitative estimate of drug-likeness (QED) is 0.669. The third kappa shape index (κ3) is 4.00. The molecule has 0 spiro atoms. The second-order valence-electron chi connectivity index (χ2n) is 9.59. The predicted octanol–water partition coefficient (Wildman–Crippen LogP) is 1.74. The number of hydrogen-bond donors (Lipinski definition) is 0. The van der Waals surface area contributed by atoms with Crippen molar-refractivity contribution in [3.8, 4) is 0 Å². The molecule has 0 N–H and O–H groups in total. The van der Waals surface area contributed by atoms with Crippen LogP contribution in [0.3, 0.4) is 0 Å². The van der Waals surface area contributed by atoms with Crippen molar-refractivity contribution in [3.05, 3.63) is 29.8 Å². The molecule has 4 fully saturated rings. The maximum Gasteiger partial charge on any atom is 0.236 e. The molecular weight excluding hydrogens is 376 g/mol. The summed E-state index contributed by atoms with van der Waals surface area (Å²) in [5.74, 6) is 0.296. The summed E-state index contributed by atoms with van der Waals surface area (Å²) in [5.41, 5.74) is 2.18. The van der Waals surface area contributed by atoms with Crippen LogP contribution >= 0.6 is 0 Å². The molecule has 2 aliphatic carbocycles. The first-order valence-corrected chi connectivity index (χ1v) is 11.7. The Morgan fingerprint density at radius 3 is 2.13 bits per heavy atom. The van der Waals surface area contributed by atoms with Gasteiger partial charge in [0.15, 0.2) is 0 Å². The molecule has 0 bridgehead atoms. The molecule has 6 heteroatoms. The fourth-order valence-corrected chi connectivity index (χ4v) is 5.16. The molecule has 1 aromatic carbocycles. The number of piperazine rings is 2. The lowest BCUT2D eigenvalue weighted by atomic mass is 9.91. The topological polar surface area (TPSA) is 47.1 Å². The fourth-order valence-electron chi connectivity index (χ4n) is 5.16. The normalized spacial score (nSPS) is 25.1. The van der Waals surface area contributed by atoms with Gasteiger partial charge in [-0.3, -0.25) is 14.6 Å². The molecule has 162 valence electrons. The third-order valence-electron chi connectivity index (χ3n) is 7.81. The van der Waals surface area contributed by atoms with Crippen molar-refractivity contribution in [2.75, 3.05) is 63.8 Å². The Hall–Kier alpha value is -1.92. The van der Waals surface area contributed by atoms with Gasteiger partial charge in [0.05, 0.1) is 12.0 Å². The van der Waals surface area contributed by atoms with E-state index in [9.17, 15) is 9.59 Å². The summed E-state index contributed by atoms with van der Waals surface area (Å²) >= 11 is 0. The Morgan fingerprint density at radius 1 is 0.933 bits per heavy atom. The second kappa shape index (κ2) is 8.31. The number of nitrogens with zero attached hydrogens (tertiary/aromatic N) is 4. The minimum Gasteiger partial charge on any atom is -0.369 e. The van der Waals surface area contributed by atoms with Crippen LogP contribution in [0.15, 0.2) is 24.3 Å². The first-order valence-electron chi connectivity index (χ1n) is 11.7. The molecule has 4 aliphatic rings. The van der Waals surface area contributed by atoms with E-state index in [-0.39, 0.29) is 5.41 Å². The predicted molar refractivity (Wildman–Crippen MR) is 118 cm³/mol. The molecule has 1 amide bonds. The number of carbonyl (C=O) groups is 2. The van der Waals surface area contributed by atoms with Gasteiger partial charge in [0.1, 0.15) is 6.29 Å². The van der Waals surface area contributed by atoms with Gasteiger partial charge in [-0.15, -0.1) is 0 Å². The van der Waals surface area contributed by atoms with Crippen LogP contribution in [-0.2, 0) is 15.0 Å². The molecular formula is C24H34N4O2. The van der Waals surface area contributed by atoms with Gasteiger partial charge in [-0.1, -0.05) is 18.6 Å². The lowest BCUT2D eigenvalue weighted by Gasteiger charge is -2.43. The van der Waals surface area contributed by atoms with Crippen molar-refractivity contribution in [2.24, 2.45) is 0 Å². The molecule has 30 heavy (non-hydrogen) atoms. The van der Waals surface area contributed by atoms with E-state index in [4.69, 9.17) is 0 Å². The van der Waals surface area contributed by atoms with E-state index in [2.05, 4.69) is 43.9 Å². The van der Waals surface area contributed by atoms with Gasteiger partial charge < -0.3 is 14.6 Å². The summed E-state index contributed by atoms with van der Waals surface area (Å²) in [4.78, 5) is 33.4. The van der Waals surface area contributed by atoms with Gasteiger partial charge in [0, 0.05) is 64.1 Å². The van der Waals surface area contributed by atoms with Crippen LogP contribution in [0.5, 0.6) is 0 Å². The molecule has 1 aromatic rings. The number of rotatable bonds is 6. The number of hydrogen-bond acceptors (Lipinski definition) is 5. The van der Waals surface area contributed by atoms with Crippen molar-refractivity contribution in [1.29, 1.82) is 0 Å². The number of carbonyl (C=O) groups excluding carboxylic acids is 2. The molecule has 0 aromatic heterocycles. The van der Waals surface area contributed by atoms with Gasteiger partial charge in [-0.25, -0.2) is 0 Å². The smallest absolute Gasteiger partial charge is 0.236 e. The van der Waals surface area contributed by atoms with Crippen LogP contribution in [0.1, 0.15) is 37.7 Å². The molecule has 0 atom stereocenters. The molecule has 0 radical (unpaired) electrons. The largest absolute Gasteiger partial charge is 0.369 e. The molecule has 2 saturated carbocycles. The third-order valence-corrected chi connectivity index (χ3v) is 7.81. The van der Waals surface area contributed by atoms with Crippen LogP contribution in [0.2, 0.25) is 0 Å². The number of anilines is 1. The van der Waals surface area contributed by atoms with Gasteiger partial charge in [0.2, 0.25) is 5.91 Å². The molecule has 2 heterocycles. The maximum absolute atomic E-state index is 12.8. The maximum atomic E-state index is 12.8. The summed E-state index contributed by atoms with van der Waals surface area (Å²) in [6.07, 6.45) is 7.15. The van der Waals surface area contributed by atoms with Gasteiger partial charge in [0.25, 0.3) is 0 Å². The summed E-state index contributed by atoms with van der Waals surface area (Å²) in [7, 11) is 0. The van der Waals surface area contributed by atoms with E-state index >= 15 is 0 Å². The van der Waals surface area contributed by atoms with Crippen molar-refractivity contribution >= 4 is 17.9 Å². The lowest BCUT2D eigenvalue weighted by molar-refractivity contribution is -0.134. The van der Waals surface area contributed by atoms with E-state index in [1.165, 1.54) is 24.9 Å². The highest BCUT2D eigenvalue weighted by Crippen LogP contribution is 2.46. The van der Waals surface area contributed by atoms with Crippen LogP contribution in [0.25, 0.3) is 0 Å². The molecule has 5 rings (SSSR count). The van der Waals surface area contributed by atoms with Gasteiger partial charge in [-0.05, 0) is 43.4 Å². The average Bonchev–Trinajstić information content (AvgIpc) is 3.55. The molecule has 2 saturated heterocycles. The average molecular weight is 411 g/mol. The Kier molecular flexibility index (Phi) is 5.54. The molecule has 2 aliphatic heterocycles. The van der Waals surface area contributed by atoms with Gasteiger partial charge >= 0.3 is 0 Å². The van der Waals surface area contributed by atoms with Gasteiger partial charge in [-0.2, -0.15) is 0 Å². The molecule has 0 unspecified atom stereocenters. The number of benzene rings is 1. The highest BCUT2D eigenvalue weighted by Gasteiger charge is 2.44. The highest BCUT2D eigenvalue weighted by molar-refractivity contribution is 5.78. The first-order chi connectivity index (χ1) is 14.7. The fraction of sp³-hybridized carbons (Fsp3) is 0.667. The standard InChI is InChI=1S/C24H34N4O2/c29-19-24(8-9-24)20-4-6-22(7-5-20)26-12-10-25(11-13-26)18-23(30)28-16-14-27(15-17-28)21-2-1-3-21/h4-7,19,21H,1-3,8-18H2. The number of aldehydes is 1. The van der Waals surface area contributed by atoms with E-state index in [0.717, 1.165) is 83.1 Å². The zero-order chi connectivity index (χ0) is 20.6. The SMILES string of the molecule is O=CC1(c2ccc(N3CCN(CC(=O)N4CCN(C5CCC5)CC4)CC3)cc2)CC1. The van der Waals surface area contributed by atoms with Crippen molar-refractivity contribution in [2.45, 2.75) is 43.6 Å². The summed E-state index contributed by atoms with van der Waals surface area (Å²) < 4.78 is 0. The minimum atomic E-state index is -0.194. The number of amides is 1. The Labute approximate surface area is 179 Å². The van der Waals surface area contributed by atoms with Crippen molar-refractivity contribution in [3.63, 3.8) is 0 Å². The lowest BCUT2D eigenvalue weighted by Crippen LogP contribution is -2.56. The van der Waals surface area contributed by atoms with E-state index in [1.807, 2.05) is 0 Å². The van der Waals surface area contributed by atoms with E-state index in [1.54, 1.807) is 0 Å². The monoisotopic (exact) mass is 410 g/mol. The van der Waals surface area contributed by atoms with Crippen LogP contribution in [0.4, 0.5) is 5.69 Å². The van der Waals surface area contributed by atoms with Crippen LogP contribution < -0.4 is 4.90 Å². The minimum absolute atomic E-state index is 0.194. The highest BCUT2D eigenvalue weighted by atomic mass is 16.2. The van der Waals surface area contributed by atoms with Crippen LogP contribution in [-0.4, -0.2) is 91.8 Å². The Morgan fingerprint density at radius 2 is 1.60 bits per heavy atom. The van der Waals surface area contributed by atoms with Crippen LogP contribution in [0, 0.1) is 0 Å². The van der Waals surface area contributed by atoms with E-state index in [0.29, 0.717) is 12.5 Å². The Bertz CT molecular complexity index is 756. The summed E-state index contributed by atoms with van der Waals surface area (Å²) in [6, 6.07) is 9.34. The zero-order valence-corrected chi connectivity index (χ0v) is 18.0. The van der Waals surface area contributed by atoms with E-state index < -0.39 is 0 Å². The first kappa shape index (κ1) is 20.0.